The third-order valence-corrected chi connectivity index (χ3v) is 5.59. The van der Waals surface area contributed by atoms with Crippen molar-refractivity contribution in [3.05, 3.63) is 30.3 Å². The zero-order valence-electron chi connectivity index (χ0n) is 14.3. The summed E-state index contributed by atoms with van der Waals surface area (Å²) in [5.41, 5.74) is 1.19. The smallest absolute Gasteiger partial charge is 0.317 e. The second-order valence-electron chi connectivity index (χ2n) is 6.99. The normalized spacial score (nSPS) is 25.1. The summed E-state index contributed by atoms with van der Waals surface area (Å²) >= 11 is 0. The van der Waals surface area contributed by atoms with Crippen LogP contribution >= 0.6 is 0 Å². The fourth-order valence-corrected chi connectivity index (χ4v) is 4.24. The first-order chi connectivity index (χ1) is 11.8. The number of carbonyl (C=O) groups excluding carboxylic acids is 1. The first-order valence-electron chi connectivity index (χ1n) is 9.13. The van der Waals surface area contributed by atoms with E-state index in [1.54, 1.807) is 0 Å². The van der Waals surface area contributed by atoms with Crippen LogP contribution in [0.15, 0.2) is 30.3 Å². The molecule has 2 atom stereocenters. The third kappa shape index (κ3) is 2.72. The molecule has 0 saturated carbocycles. The van der Waals surface area contributed by atoms with E-state index in [4.69, 9.17) is 0 Å². The van der Waals surface area contributed by atoms with Crippen LogP contribution in [0.5, 0.6) is 0 Å². The molecule has 2 aromatic rings. The van der Waals surface area contributed by atoms with Gasteiger partial charge in [-0.1, -0.05) is 25.1 Å². The Kier molecular flexibility index (Phi) is 4.08. The molecule has 0 bridgehead atoms. The van der Waals surface area contributed by atoms with Crippen LogP contribution in [0.4, 0.5) is 10.6 Å². The van der Waals surface area contributed by atoms with Gasteiger partial charge in [-0.2, -0.15) is 0 Å². The van der Waals surface area contributed by atoms with E-state index in [0.717, 1.165) is 45.4 Å². The van der Waals surface area contributed by atoms with Crippen LogP contribution in [-0.2, 0) is 0 Å². The first kappa shape index (κ1) is 15.4. The predicted molar refractivity (Wildman–Crippen MR) is 97.4 cm³/mol. The zero-order valence-corrected chi connectivity index (χ0v) is 14.3. The fourth-order valence-electron chi connectivity index (χ4n) is 4.24. The average Bonchev–Trinajstić information content (AvgIpc) is 3.06. The van der Waals surface area contributed by atoms with Gasteiger partial charge in [0.25, 0.3) is 0 Å². The number of urea groups is 1. The van der Waals surface area contributed by atoms with Crippen LogP contribution in [0.2, 0.25) is 0 Å². The molecule has 2 amide bonds. The molecule has 2 aliphatic heterocycles. The molecule has 2 aliphatic rings. The number of fused-ring (bicyclic) bond motifs is 1. The van der Waals surface area contributed by atoms with E-state index < -0.39 is 0 Å². The topological polar surface area (TPSA) is 51.4 Å². The molecule has 0 spiro atoms. The summed E-state index contributed by atoms with van der Waals surface area (Å²) in [6.45, 7) is 5.98. The SMILES string of the molecule is CCC1CN(c2cc3ccccc3[nH]2)CCC1N1CCCNC1=O. The number of nitrogens with one attached hydrogen (secondary N) is 2. The molecule has 1 aromatic heterocycles. The lowest BCUT2D eigenvalue weighted by atomic mass is 9.88. The monoisotopic (exact) mass is 326 g/mol. The molecule has 5 nitrogen and oxygen atoms in total. The van der Waals surface area contributed by atoms with Gasteiger partial charge in [0.05, 0.1) is 0 Å². The van der Waals surface area contributed by atoms with Gasteiger partial charge in [0.15, 0.2) is 0 Å². The lowest BCUT2D eigenvalue weighted by Gasteiger charge is -2.45. The number of rotatable bonds is 3. The van der Waals surface area contributed by atoms with Crippen molar-refractivity contribution in [2.45, 2.75) is 32.2 Å². The molecule has 128 valence electrons. The maximum Gasteiger partial charge on any atom is 0.317 e. The van der Waals surface area contributed by atoms with Gasteiger partial charge in [-0.3, -0.25) is 0 Å². The van der Waals surface area contributed by atoms with Crippen LogP contribution in [0.25, 0.3) is 10.9 Å². The Balaban J connectivity index is 1.52. The van der Waals surface area contributed by atoms with E-state index in [-0.39, 0.29) is 6.03 Å². The lowest BCUT2D eigenvalue weighted by molar-refractivity contribution is 0.119. The first-order valence-corrected chi connectivity index (χ1v) is 9.13. The molecule has 1 aromatic carbocycles. The Morgan fingerprint density at radius 2 is 2.12 bits per heavy atom. The Labute approximate surface area is 143 Å². The highest BCUT2D eigenvalue weighted by atomic mass is 16.2. The number of hydrogen-bond acceptors (Lipinski definition) is 2. The molecule has 5 heteroatoms. The molecule has 2 fully saturated rings. The highest BCUT2D eigenvalue weighted by Crippen LogP contribution is 2.30. The van der Waals surface area contributed by atoms with Crippen LogP contribution < -0.4 is 10.2 Å². The summed E-state index contributed by atoms with van der Waals surface area (Å²) in [4.78, 5) is 20.3. The van der Waals surface area contributed by atoms with Gasteiger partial charge in [-0.15, -0.1) is 0 Å². The number of nitrogens with zero attached hydrogens (tertiary/aromatic N) is 2. The molecule has 3 heterocycles. The van der Waals surface area contributed by atoms with Crippen molar-refractivity contribution in [3.63, 3.8) is 0 Å². The fraction of sp³-hybridized carbons (Fsp3) is 0.526. The molecular weight excluding hydrogens is 300 g/mol. The minimum atomic E-state index is 0.128. The van der Waals surface area contributed by atoms with E-state index in [1.165, 1.54) is 16.7 Å². The van der Waals surface area contributed by atoms with E-state index >= 15 is 0 Å². The maximum absolute atomic E-state index is 12.2. The minimum absolute atomic E-state index is 0.128. The Bertz CT molecular complexity index is 692. The van der Waals surface area contributed by atoms with Gasteiger partial charge in [0.2, 0.25) is 0 Å². The molecule has 4 rings (SSSR count). The average molecular weight is 326 g/mol. The second-order valence-corrected chi connectivity index (χ2v) is 6.99. The molecule has 24 heavy (non-hydrogen) atoms. The van der Waals surface area contributed by atoms with Gasteiger partial charge < -0.3 is 20.1 Å². The maximum atomic E-state index is 12.2. The Hall–Kier alpha value is -2.17. The third-order valence-electron chi connectivity index (χ3n) is 5.59. The van der Waals surface area contributed by atoms with Crippen molar-refractivity contribution in [1.29, 1.82) is 0 Å². The zero-order chi connectivity index (χ0) is 16.5. The molecule has 2 unspecified atom stereocenters. The molecule has 0 aliphatic carbocycles. The highest BCUT2D eigenvalue weighted by Gasteiger charge is 2.35. The number of piperidine rings is 1. The molecule has 2 saturated heterocycles. The predicted octanol–water partition coefficient (Wildman–Crippen LogP) is 3.19. The number of aromatic amines is 1. The number of benzene rings is 1. The molecule has 0 radical (unpaired) electrons. The summed E-state index contributed by atoms with van der Waals surface area (Å²) in [5.74, 6) is 1.73. The summed E-state index contributed by atoms with van der Waals surface area (Å²) in [5, 5.41) is 4.26. The van der Waals surface area contributed by atoms with Crippen LogP contribution in [0.3, 0.4) is 0 Å². The summed E-state index contributed by atoms with van der Waals surface area (Å²) in [7, 11) is 0. The lowest BCUT2D eigenvalue weighted by Crippen LogP contribution is -2.57. The number of para-hydroxylation sites is 1. The van der Waals surface area contributed by atoms with Crippen molar-refractivity contribution in [3.8, 4) is 0 Å². The van der Waals surface area contributed by atoms with Crippen molar-refractivity contribution >= 4 is 22.8 Å². The Morgan fingerprint density at radius 3 is 2.92 bits per heavy atom. The number of anilines is 1. The summed E-state index contributed by atoms with van der Waals surface area (Å²) in [6, 6.07) is 11.2. The number of H-pyrrole nitrogens is 1. The number of aromatic nitrogens is 1. The van der Waals surface area contributed by atoms with Gasteiger partial charge in [0, 0.05) is 43.1 Å². The Morgan fingerprint density at radius 1 is 1.25 bits per heavy atom. The summed E-state index contributed by atoms with van der Waals surface area (Å²) in [6.07, 6.45) is 3.21. The summed E-state index contributed by atoms with van der Waals surface area (Å²) < 4.78 is 0. The van der Waals surface area contributed by atoms with Gasteiger partial charge >= 0.3 is 6.03 Å². The van der Waals surface area contributed by atoms with E-state index in [0.29, 0.717) is 12.0 Å². The quantitative estimate of drug-likeness (QED) is 0.910. The van der Waals surface area contributed by atoms with E-state index in [1.807, 2.05) is 0 Å². The van der Waals surface area contributed by atoms with Crippen LogP contribution in [0, 0.1) is 5.92 Å². The number of hydrogen-bond donors (Lipinski definition) is 2. The second kappa shape index (κ2) is 6.38. The van der Waals surface area contributed by atoms with Gasteiger partial charge in [0.1, 0.15) is 5.82 Å². The number of amides is 2. The van der Waals surface area contributed by atoms with E-state index in [2.05, 4.69) is 57.4 Å². The molecular formula is C19H26N4O. The van der Waals surface area contributed by atoms with Crippen LogP contribution in [-0.4, -0.2) is 48.1 Å². The highest BCUT2D eigenvalue weighted by molar-refractivity contribution is 5.84. The largest absolute Gasteiger partial charge is 0.358 e. The molecule has 2 N–H and O–H groups in total. The van der Waals surface area contributed by atoms with Crippen molar-refractivity contribution in [1.82, 2.24) is 15.2 Å². The van der Waals surface area contributed by atoms with Crippen molar-refractivity contribution in [2.75, 3.05) is 31.1 Å². The van der Waals surface area contributed by atoms with Crippen LogP contribution in [0.1, 0.15) is 26.2 Å². The minimum Gasteiger partial charge on any atom is -0.358 e. The number of carbonyl (C=O) groups is 1. The van der Waals surface area contributed by atoms with Crippen molar-refractivity contribution in [2.24, 2.45) is 5.92 Å². The van der Waals surface area contributed by atoms with Gasteiger partial charge in [-0.25, -0.2) is 4.79 Å². The van der Waals surface area contributed by atoms with Crippen molar-refractivity contribution < 1.29 is 4.79 Å². The standard InChI is InChI=1S/C19H26N4O/c1-2-14-13-22(18-12-15-6-3-4-7-16(15)21-18)11-8-17(14)23-10-5-9-20-19(23)24/h3-4,6-7,12,14,17,21H,2,5,8-11,13H2,1H3,(H,20,24). The van der Waals surface area contributed by atoms with E-state index in [9.17, 15) is 4.79 Å². The van der Waals surface area contributed by atoms with Gasteiger partial charge in [-0.05, 0) is 37.3 Å².